The van der Waals surface area contributed by atoms with E-state index in [1.807, 2.05) is 0 Å². The van der Waals surface area contributed by atoms with Crippen molar-refractivity contribution in [1.82, 2.24) is 5.32 Å². The van der Waals surface area contributed by atoms with Gasteiger partial charge in [-0.2, -0.15) is 0 Å². The third-order valence-corrected chi connectivity index (χ3v) is 3.80. The maximum Gasteiger partial charge on any atom is 0.0456 e. The third-order valence-electron chi connectivity index (χ3n) is 3.47. The molecule has 0 heterocycles. The lowest BCUT2D eigenvalue weighted by Crippen LogP contribution is -2.22. The molecule has 0 amide bonds. The quantitative estimate of drug-likeness (QED) is 0.761. The number of nitrogens with one attached hydrogen (secondary N) is 1. The van der Waals surface area contributed by atoms with E-state index in [9.17, 15) is 0 Å². The summed E-state index contributed by atoms with van der Waals surface area (Å²) in [5.74, 6) is 0.733. The van der Waals surface area contributed by atoms with E-state index in [1.165, 1.54) is 23.1 Å². The Morgan fingerprint density at radius 1 is 1.11 bits per heavy atom. The van der Waals surface area contributed by atoms with Gasteiger partial charge in [-0.3, -0.25) is 0 Å². The minimum atomic E-state index is 0.379. The number of hydrogen-bond donors (Lipinski definition) is 1. The Hall–Kier alpha value is -0.530. The molecule has 2 heteroatoms. The minimum absolute atomic E-state index is 0.379. The van der Waals surface area contributed by atoms with Crippen LogP contribution in [0.1, 0.15) is 56.3 Å². The van der Waals surface area contributed by atoms with E-state index in [2.05, 4.69) is 52.1 Å². The number of aryl methyl sites for hydroxylation is 2. The van der Waals surface area contributed by atoms with Crippen LogP contribution in [0.3, 0.4) is 0 Å². The lowest BCUT2D eigenvalue weighted by molar-refractivity contribution is 0.448. The first-order valence-corrected chi connectivity index (χ1v) is 7.33. The molecule has 0 saturated heterocycles. The first-order chi connectivity index (χ1) is 8.45. The number of halogens is 1. The van der Waals surface area contributed by atoms with Crippen molar-refractivity contribution in [3.63, 3.8) is 0 Å². The lowest BCUT2D eigenvalue weighted by Gasteiger charge is -2.21. The third kappa shape index (κ3) is 4.29. The largest absolute Gasteiger partial charge is 0.310 e. The fourth-order valence-electron chi connectivity index (χ4n) is 2.18. The van der Waals surface area contributed by atoms with E-state index in [4.69, 9.17) is 11.6 Å². The molecule has 0 bridgehead atoms. The first kappa shape index (κ1) is 15.5. The molecule has 0 aliphatic heterocycles. The maximum absolute atomic E-state index is 6.41. The lowest BCUT2D eigenvalue weighted by atomic mass is 9.95. The van der Waals surface area contributed by atoms with Crippen LogP contribution in [0, 0.1) is 19.8 Å². The zero-order valence-corrected chi connectivity index (χ0v) is 13.1. The Bertz CT molecular complexity index is 385. The van der Waals surface area contributed by atoms with Gasteiger partial charge in [-0.15, -0.1) is 0 Å². The zero-order valence-electron chi connectivity index (χ0n) is 12.3. The molecule has 0 aromatic heterocycles. The summed E-state index contributed by atoms with van der Waals surface area (Å²) in [6.45, 7) is 11.9. The van der Waals surface area contributed by atoms with Gasteiger partial charge in [-0.25, -0.2) is 0 Å². The van der Waals surface area contributed by atoms with Crippen LogP contribution in [0.2, 0.25) is 5.02 Å². The van der Waals surface area contributed by atoms with Crippen molar-refractivity contribution in [3.05, 3.63) is 33.8 Å². The molecular formula is C16H26ClN. The summed E-state index contributed by atoms with van der Waals surface area (Å²) in [7, 11) is 0. The Balaban J connectivity index is 2.94. The maximum atomic E-state index is 6.41. The second-order valence-electron chi connectivity index (χ2n) is 5.54. The Morgan fingerprint density at radius 2 is 1.72 bits per heavy atom. The van der Waals surface area contributed by atoms with Crippen molar-refractivity contribution < 1.29 is 0 Å². The smallest absolute Gasteiger partial charge is 0.0456 e. The van der Waals surface area contributed by atoms with Crippen molar-refractivity contribution >= 4 is 11.6 Å². The molecule has 102 valence electrons. The summed E-state index contributed by atoms with van der Waals surface area (Å²) in [5.41, 5.74) is 3.84. The molecule has 0 spiro atoms. The topological polar surface area (TPSA) is 12.0 Å². The monoisotopic (exact) mass is 267 g/mol. The second kappa shape index (κ2) is 7.16. The Kier molecular flexibility index (Phi) is 6.17. The van der Waals surface area contributed by atoms with Crippen molar-refractivity contribution in [3.8, 4) is 0 Å². The highest BCUT2D eigenvalue weighted by Gasteiger charge is 2.15. The van der Waals surface area contributed by atoms with Crippen LogP contribution in [0.25, 0.3) is 0 Å². The van der Waals surface area contributed by atoms with Gasteiger partial charge in [0, 0.05) is 11.1 Å². The zero-order chi connectivity index (χ0) is 13.7. The van der Waals surface area contributed by atoms with Crippen LogP contribution in [0.15, 0.2) is 12.1 Å². The molecule has 0 aliphatic rings. The molecule has 1 unspecified atom stereocenters. The molecule has 1 atom stereocenters. The van der Waals surface area contributed by atoms with Crippen LogP contribution in [-0.4, -0.2) is 6.54 Å². The molecule has 1 rings (SSSR count). The minimum Gasteiger partial charge on any atom is -0.310 e. The van der Waals surface area contributed by atoms with Crippen molar-refractivity contribution in [1.29, 1.82) is 0 Å². The SMILES string of the molecule is CCNC(CCC(C)C)c1cc(C)c(C)cc1Cl. The van der Waals surface area contributed by atoms with Crippen molar-refractivity contribution in [2.75, 3.05) is 6.54 Å². The average molecular weight is 268 g/mol. The van der Waals surface area contributed by atoms with Gasteiger partial charge in [-0.1, -0.05) is 38.4 Å². The molecule has 1 N–H and O–H groups in total. The average Bonchev–Trinajstić information content (AvgIpc) is 2.29. The standard InChI is InChI=1S/C16H26ClN/c1-6-18-16(8-7-11(2)3)14-9-12(4)13(5)10-15(14)17/h9-11,16,18H,6-8H2,1-5H3. The van der Waals surface area contributed by atoms with E-state index in [-0.39, 0.29) is 0 Å². The van der Waals surface area contributed by atoms with Crippen LogP contribution >= 0.6 is 11.6 Å². The molecular weight excluding hydrogens is 242 g/mol. The molecule has 18 heavy (non-hydrogen) atoms. The van der Waals surface area contributed by atoms with Gasteiger partial charge < -0.3 is 5.32 Å². The van der Waals surface area contributed by atoms with Crippen LogP contribution in [-0.2, 0) is 0 Å². The number of rotatable bonds is 6. The van der Waals surface area contributed by atoms with Gasteiger partial charge >= 0.3 is 0 Å². The van der Waals surface area contributed by atoms with Crippen LogP contribution in [0.4, 0.5) is 0 Å². The summed E-state index contributed by atoms with van der Waals surface area (Å²) >= 11 is 6.41. The molecule has 1 aromatic rings. The highest BCUT2D eigenvalue weighted by molar-refractivity contribution is 6.31. The summed E-state index contributed by atoms with van der Waals surface area (Å²) in [5, 5.41) is 4.45. The highest BCUT2D eigenvalue weighted by atomic mass is 35.5. The molecule has 0 aliphatic carbocycles. The van der Waals surface area contributed by atoms with Crippen LogP contribution < -0.4 is 5.32 Å². The van der Waals surface area contributed by atoms with Crippen molar-refractivity contribution in [2.24, 2.45) is 5.92 Å². The predicted molar refractivity (Wildman–Crippen MR) is 81.4 cm³/mol. The molecule has 0 fully saturated rings. The Labute approximate surface area is 117 Å². The van der Waals surface area contributed by atoms with E-state index in [1.54, 1.807) is 0 Å². The summed E-state index contributed by atoms with van der Waals surface area (Å²) in [6.07, 6.45) is 2.37. The molecule has 0 saturated carbocycles. The summed E-state index contributed by atoms with van der Waals surface area (Å²) < 4.78 is 0. The highest BCUT2D eigenvalue weighted by Crippen LogP contribution is 2.29. The van der Waals surface area contributed by atoms with E-state index >= 15 is 0 Å². The fourth-order valence-corrected chi connectivity index (χ4v) is 2.53. The summed E-state index contributed by atoms with van der Waals surface area (Å²) in [4.78, 5) is 0. The molecule has 1 nitrogen and oxygen atoms in total. The fraction of sp³-hybridized carbons (Fsp3) is 0.625. The Morgan fingerprint density at radius 3 is 2.28 bits per heavy atom. The number of benzene rings is 1. The number of hydrogen-bond acceptors (Lipinski definition) is 1. The van der Waals surface area contributed by atoms with Gasteiger partial charge in [0.15, 0.2) is 0 Å². The van der Waals surface area contributed by atoms with E-state index in [0.717, 1.165) is 23.9 Å². The normalized spacial score (nSPS) is 13.1. The van der Waals surface area contributed by atoms with Gasteiger partial charge in [-0.05, 0) is 61.9 Å². The van der Waals surface area contributed by atoms with Gasteiger partial charge in [0.05, 0.1) is 0 Å². The second-order valence-corrected chi connectivity index (χ2v) is 5.95. The summed E-state index contributed by atoms with van der Waals surface area (Å²) in [6, 6.07) is 4.71. The van der Waals surface area contributed by atoms with E-state index < -0.39 is 0 Å². The first-order valence-electron chi connectivity index (χ1n) is 6.95. The predicted octanol–water partition coefficient (Wildman–Crippen LogP) is 5.04. The van der Waals surface area contributed by atoms with Crippen molar-refractivity contribution in [2.45, 2.75) is 53.5 Å². The molecule has 0 radical (unpaired) electrons. The van der Waals surface area contributed by atoms with Crippen LogP contribution in [0.5, 0.6) is 0 Å². The molecule has 1 aromatic carbocycles. The van der Waals surface area contributed by atoms with Gasteiger partial charge in [0.2, 0.25) is 0 Å². The van der Waals surface area contributed by atoms with Gasteiger partial charge in [0.25, 0.3) is 0 Å². The van der Waals surface area contributed by atoms with E-state index in [0.29, 0.717) is 6.04 Å². The van der Waals surface area contributed by atoms with Gasteiger partial charge in [0.1, 0.15) is 0 Å².